The lowest BCUT2D eigenvalue weighted by Gasteiger charge is -2.33. The van der Waals surface area contributed by atoms with Crippen LogP contribution in [0.3, 0.4) is 0 Å². The van der Waals surface area contributed by atoms with Crippen LogP contribution in [0, 0.1) is 5.92 Å². The second-order valence-electron chi connectivity index (χ2n) is 5.32. The summed E-state index contributed by atoms with van der Waals surface area (Å²) in [6, 6.07) is 0. The highest BCUT2D eigenvalue weighted by Gasteiger charge is 2.36. The summed E-state index contributed by atoms with van der Waals surface area (Å²) in [6.07, 6.45) is 1.70. The van der Waals surface area contributed by atoms with Gasteiger partial charge in [0.05, 0.1) is 0 Å². The summed E-state index contributed by atoms with van der Waals surface area (Å²) in [7, 11) is 1.53. The number of sulfonamides is 1. The number of carbonyl (C=O) groups is 1. The van der Waals surface area contributed by atoms with Crippen molar-refractivity contribution in [2.75, 3.05) is 40.8 Å². The van der Waals surface area contributed by atoms with Crippen LogP contribution in [0.5, 0.6) is 0 Å². The van der Waals surface area contributed by atoms with Crippen LogP contribution in [-0.2, 0) is 14.8 Å². The number of hydrogen-bond acceptors (Lipinski definition) is 4. The molecule has 1 aliphatic rings. The molecule has 1 unspecified atom stereocenters. The molecule has 0 bridgehead atoms. The zero-order valence-corrected chi connectivity index (χ0v) is 13.0. The van der Waals surface area contributed by atoms with Crippen molar-refractivity contribution in [3.8, 4) is 0 Å². The number of nitrogens with one attached hydrogen (secondary N) is 1. The number of amides is 1. The Morgan fingerprint density at radius 1 is 1.37 bits per heavy atom. The zero-order chi connectivity index (χ0) is 14.6. The van der Waals surface area contributed by atoms with Crippen LogP contribution < -0.4 is 5.32 Å². The molecular formula is C12H25N3O3S. The van der Waals surface area contributed by atoms with Gasteiger partial charge in [-0.15, -0.1) is 0 Å². The Morgan fingerprint density at radius 3 is 2.32 bits per heavy atom. The molecule has 0 aromatic rings. The van der Waals surface area contributed by atoms with Crippen molar-refractivity contribution in [2.24, 2.45) is 5.92 Å². The van der Waals surface area contributed by atoms with Gasteiger partial charge in [-0.1, -0.05) is 0 Å². The molecule has 1 rings (SSSR count). The molecule has 7 heteroatoms. The van der Waals surface area contributed by atoms with Crippen LogP contribution in [-0.4, -0.2) is 69.6 Å². The predicted octanol–water partition coefficient (Wildman–Crippen LogP) is -0.276. The Kier molecular flexibility index (Phi) is 5.76. The fourth-order valence-corrected chi connectivity index (χ4v) is 4.00. The molecule has 0 spiro atoms. The largest absolute Gasteiger partial charge is 0.348 e. The summed E-state index contributed by atoms with van der Waals surface area (Å²) in [5.41, 5.74) is 0. The number of rotatable bonds is 5. The standard InChI is InChI=1S/C12H25N3O3S/c1-10(12(16)14(3)4)19(17,18)15-7-5-11(6-8-15)9-13-2/h10-11,13H,5-9H2,1-4H3. The minimum atomic E-state index is -3.52. The monoisotopic (exact) mass is 291 g/mol. The van der Waals surface area contributed by atoms with E-state index in [0.29, 0.717) is 19.0 Å². The normalized spacial score (nSPS) is 20.2. The smallest absolute Gasteiger partial charge is 0.241 e. The van der Waals surface area contributed by atoms with E-state index in [-0.39, 0.29) is 5.91 Å². The van der Waals surface area contributed by atoms with E-state index in [0.717, 1.165) is 19.4 Å². The summed E-state index contributed by atoms with van der Waals surface area (Å²) in [5, 5.41) is 2.12. The van der Waals surface area contributed by atoms with Gasteiger partial charge in [0.25, 0.3) is 0 Å². The predicted molar refractivity (Wildman–Crippen MR) is 75.3 cm³/mol. The van der Waals surface area contributed by atoms with Crippen molar-refractivity contribution >= 4 is 15.9 Å². The van der Waals surface area contributed by atoms with Gasteiger partial charge in [-0.2, -0.15) is 0 Å². The van der Waals surface area contributed by atoms with E-state index in [4.69, 9.17) is 0 Å². The van der Waals surface area contributed by atoms with Gasteiger partial charge in [0, 0.05) is 27.2 Å². The molecule has 112 valence electrons. The molecule has 1 heterocycles. The molecule has 1 saturated heterocycles. The SMILES string of the molecule is CNCC1CCN(S(=O)(=O)C(C)C(=O)N(C)C)CC1. The first kappa shape index (κ1) is 16.4. The third-order valence-electron chi connectivity index (χ3n) is 3.66. The van der Waals surface area contributed by atoms with Gasteiger partial charge in [-0.3, -0.25) is 4.79 Å². The quantitative estimate of drug-likeness (QED) is 0.757. The van der Waals surface area contributed by atoms with E-state index in [1.807, 2.05) is 7.05 Å². The van der Waals surface area contributed by atoms with Crippen LogP contribution in [0.4, 0.5) is 0 Å². The zero-order valence-electron chi connectivity index (χ0n) is 12.2. The second kappa shape index (κ2) is 6.67. The number of nitrogens with zero attached hydrogens (tertiary/aromatic N) is 2. The van der Waals surface area contributed by atoms with Gasteiger partial charge in [0.15, 0.2) is 5.25 Å². The second-order valence-corrected chi connectivity index (χ2v) is 7.57. The molecular weight excluding hydrogens is 266 g/mol. The minimum absolute atomic E-state index is 0.364. The van der Waals surface area contributed by atoms with E-state index in [1.54, 1.807) is 14.1 Å². The minimum Gasteiger partial charge on any atom is -0.348 e. The molecule has 0 aliphatic carbocycles. The maximum Gasteiger partial charge on any atom is 0.241 e. The van der Waals surface area contributed by atoms with Gasteiger partial charge in [0.2, 0.25) is 15.9 Å². The number of piperidine rings is 1. The lowest BCUT2D eigenvalue weighted by atomic mass is 9.98. The first-order valence-corrected chi connectivity index (χ1v) is 8.15. The van der Waals surface area contributed by atoms with Crippen molar-refractivity contribution < 1.29 is 13.2 Å². The average Bonchev–Trinajstić information content (AvgIpc) is 2.37. The summed E-state index contributed by atoms with van der Waals surface area (Å²) in [4.78, 5) is 13.1. The highest BCUT2D eigenvalue weighted by molar-refractivity contribution is 7.90. The molecule has 0 aromatic carbocycles. The maximum absolute atomic E-state index is 12.4. The first-order valence-electron chi connectivity index (χ1n) is 6.65. The molecule has 1 amide bonds. The van der Waals surface area contributed by atoms with Crippen LogP contribution in [0.2, 0.25) is 0 Å². The molecule has 0 saturated carbocycles. The van der Waals surface area contributed by atoms with Crippen LogP contribution in [0.15, 0.2) is 0 Å². The van der Waals surface area contributed by atoms with Gasteiger partial charge < -0.3 is 10.2 Å². The maximum atomic E-state index is 12.4. The molecule has 1 fully saturated rings. The van der Waals surface area contributed by atoms with Crippen molar-refractivity contribution in [2.45, 2.75) is 25.0 Å². The molecule has 0 aromatic heterocycles. The summed E-state index contributed by atoms with van der Waals surface area (Å²) < 4.78 is 26.2. The Morgan fingerprint density at radius 2 is 1.89 bits per heavy atom. The highest BCUT2D eigenvalue weighted by atomic mass is 32.2. The van der Waals surface area contributed by atoms with E-state index < -0.39 is 15.3 Å². The third-order valence-corrected chi connectivity index (χ3v) is 5.84. The highest BCUT2D eigenvalue weighted by Crippen LogP contribution is 2.21. The van der Waals surface area contributed by atoms with Crippen molar-refractivity contribution in [3.63, 3.8) is 0 Å². The van der Waals surface area contributed by atoms with Crippen LogP contribution >= 0.6 is 0 Å². The Labute approximate surface area is 116 Å². The van der Waals surface area contributed by atoms with Crippen LogP contribution in [0.1, 0.15) is 19.8 Å². The molecule has 6 nitrogen and oxygen atoms in total. The van der Waals surface area contributed by atoms with E-state index in [9.17, 15) is 13.2 Å². The summed E-state index contributed by atoms with van der Waals surface area (Å²) >= 11 is 0. The molecule has 19 heavy (non-hydrogen) atoms. The molecule has 1 aliphatic heterocycles. The fraction of sp³-hybridized carbons (Fsp3) is 0.917. The third kappa shape index (κ3) is 3.90. The van der Waals surface area contributed by atoms with Gasteiger partial charge in [-0.05, 0) is 39.3 Å². The Balaban J connectivity index is 2.67. The fourth-order valence-electron chi connectivity index (χ4n) is 2.37. The topological polar surface area (TPSA) is 69.7 Å². The molecule has 1 atom stereocenters. The van der Waals surface area contributed by atoms with Crippen molar-refractivity contribution in [1.29, 1.82) is 0 Å². The number of hydrogen-bond donors (Lipinski definition) is 1. The van der Waals surface area contributed by atoms with E-state index in [1.165, 1.54) is 16.1 Å². The Bertz CT molecular complexity index is 400. The lowest BCUT2D eigenvalue weighted by Crippen LogP contribution is -2.48. The summed E-state index contributed by atoms with van der Waals surface area (Å²) in [6.45, 7) is 3.41. The van der Waals surface area contributed by atoms with Crippen molar-refractivity contribution in [3.05, 3.63) is 0 Å². The van der Waals surface area contributed by atoms with Gasteiger partial charge in [-0.25, -0.2) is 12.7 Å². The number of carbonyl (C=O) groups excluding carboxylic acids is 1. The average molecular weight is 291 g/mol. The Hall–Kier alpha value is -0.660. The molecule has 0 radical (unpaired) electrons. The van der Waals surface area contributed by atoms with Gasteiger partial charge >= 0.3 is 0 Å². The molecule has 1 N–H and O–H groups in total. The van der Waals surface area contributed by atoms with Crippen molar-refractivity contribution in [1.82, 2.24) is 14.5 Å². The first-order chi connectivity index (χ1) is 8.80. The van der Waals surface area contributed by atoms with E-state index in [2.05, 4.69) is 5.32 Å². The lowest BCUT2D eigenvalue weighted by molar-refractivity contribution is -0.128. The van der Waals surface area contributed by atoms with E-state index >= 15 is 0 Å². The van der Waals surface area contributed by atoms with Crippen LogP contribution in [0.25, 0.3) is 0 Å². The van der Waals surface area contributed by atoms with Gasteiger partial charge in [0.1, 0.15) is 0 Å². The summed E-state index contributed by atoms with van der Waals surface area (Å²) in [5.74, 6) is 0.161.